The quantitative estimate of drug-likeness (QED) is 0.820. The summed E-state index contributed by atoms with van der Waals surface area (Å²) in [5.41, 5.74) is 7.83. The Morgan fingerprint density at radius 1 is 1.15 bits per heavy atom. The Bertz CT molecular complexity index is 608. The zero-order valence-electron chi connectivity index (χ0n) is 15.6. The van der Waals surface area contributed by atoms with Crippen LogP contribution in [0.1, 0.15) is 53.9 Å². The Labute approximate surface area is 157 Å². The fourth-order valence-electron chi connectivity index (χ4n) is 3.90. The lowest BCUT2D eigenvalue weighted by atomic mass is 9.71. The fourth-order valence-corrected chi connectivity index (χ4v) is 3.90. The number of pyridine rings is 1. The second-order valence-corrected chi connectivity index (χ2v) is 8.39. The summed E-state index contributed by atoms with van der Waals surface area (Å²) in [6, 6.07) is 2.00. The maximum atomic E-state index is 12.2. The van der Waals surface area contributed by atoms with Crippen LogP contribution in [0.4, 0.5) is 16.2 Å². The Balaban J connectivity index is 0.00000243. The minimum absolute atomic E-state index is 0. The summed E-state index contributed by atoms with van der Waals surface area (Å²) in [6.45, 7) is 9.37. The van der Waals surface area contributed by atoms with Gasteiger partial charge in [0, 0.05) is 32.4 Å². The zero-order valence-corrected chi connectivity index (χ0v) is 15.6. The van der Waals surface area contributed by atoms with Gasteiger partial charge in [0.25, 0.3) is 0 Å². The number of rotatable bonds is 1. The van der Waals surface area contributed by atoms with E-state index in [9.17, 15) is 4.79 Å². The van der Waals surface area contributed by atoms with Crippen LogP contribution in [-0.4, -0.2) is 47.8 Å². The molecule has 1 amide bonds. The average Bonchev–Trinajstić information content (AvgIpc) is 2.55. The second kappa shape index (κ2) is 7.72. The van der Waals surface area contributed by atoms with Crippen molar-refractivity contribution < 1.29 is 9.53 Å². The molecule has 6 nitrogen and oxygen atoms in total. The first-order valence-electron chi connectivity index (χ1n) is 9.20. The number of carbonyl (C=O) groups excluding carboxylic acids is 1. The molecule has 3 heterocycles. The number of carbonyl (C=O) groups is 1. The van der Waals surface area contributed by atoms with E-state index in [1.165, 1.54) is 0 Å². The van der Waals surface area contributed by atoms with Gasteiger partial charge in [-0.1, -0.05) is 7.43 Å². The number of likely N-dealkylation sites (tertiary alicyclic amines) is 1. The smallest absolute Gasteiger partial charge is 0.410 e. The highest BCUT2D eigenvalue weighted by Crippen LogP contribution is 2.42. The average molecular weight is 363 g/mol. The first kappa shape index (κ1) is 20.3. The molecule has 2 fully saturated rings. The van der Waals surface area contributed by atoms with E-state index in [4.69, 9.17) is 10.5 Å². The maximum Gasteiger partial charge on any atom is 0.410 e. The molecule has 2 aliphatic rings. The van der Waals surface area contributed by atoms with Crippen molar-refractivity contribution in [1.82, 2.24) is 9.88 Å². The second-order valence-electron chi connectivity index (χ2n) is 8.39. The molecule has 0 saturated carbocycles. The van der Waals surface area contributed by atoms with E-state index in [0.29, 0.717) is 5.41 Å². The number of nitrogen functional groups attached to an aromatic ring is 1. The SMILES string of the molecule is C.CC(C)(C)OC(=O)N1CCC2(CC1)CCN(c1ccncc1N)CC2. The number of anilines is 2. The third-order valence-electron chi connectivity index (χ3n) is 5.47. The first-order chi connectivity index (χ1) is 11.8. The molecular formula is C20H34N4O2. The van der Waals surface area contributed by atoms with E-state index in [-0.39, 0.29) is 13.5 Å². The van der Waals surface area contributed by atoms with Crippen molar-refractivity contribution in [2.75, 3.05) is 36.8 Å². The van der Waals surface area contributed by atoms with Crippen LogP contribution in [0, 0.1) is 5.41 Å². The van der Waals surface area contributed by atoms with Crippen LogP contribution < -0.4 is 10.6 Å². The number of hydrogen-bond donors (Lipinski definition) is 1. The third kappa shape index (κ3) is 4.59. The lowest BCUT2D eigenvalue weighted by Gasteiger charge is -2.47. The number of hydrogen-bond acceptors (Lipinski definition) is 5. The van der Waals surface area contributed by atoms with Gasteiger partial charge in [-0.05, 0) is 57.9 Å². The van der Waals surface area contributed by atoms with E-state index in [2.05, 4.69) is 9.88 Å². The van der Waals surface area contributed by atoms with Gasteiger partial charge < -0.3 is 20.3 Å². The van der Waals surface area contributed by atoms with Crippen molar-refractivity contribution in [3.8, 4) is 0 Å². The van der Waals surface area contributed by atoms with E-state index in [0.717, 1.165) is 63.2 Å². The predicted molar refractivity (Wildman–Crippen MR) is 106 cm³/mol. The van der Waals surface area contributed by atoms with Gasteiger partial charge in [-0.2, -0.15) is 0 Å². The van der Waals surface area contributed by atoms with Crippen molar-refractivity contribution in [3.05, 3.63) is 18.5 Å². The van der Waals surface area contributed by atoms with Crippen molar-refractivity contribution in [1.29, 1.82) is 0 Å². The molecule has 146 valence electrons. The fraction of sp³-hybridized carbons (Fsp3) is 0.700. The summed E-state index contributed by atoms with van der Waals surface area (Å²) in [4.78, 5) is 20.5. The zero-order chi connectivity index (χ0) is 18.1. The van der Waals surface area contributed by atoms with Crippen LogP contribution in [-0.2, 0) is 4.74 Å². The van der Waals surface area contributed by atoms with Crippen LogP contribution in [0.3, 0.4) is 0 Å². The molecule has 2 N–H and O–H groups in total. The predicted octanol–water partition coefficient (Wildman–Crippen LogP) is 3.92. The van der Waals surface area contributed by atoms with Gasteiger partial charge in [0.15, 0.2) is 0 Å². The van der Waals surface area contributed by atoms with Crippen LogP contribution >= 0.6 is 0 Å². The van der Waals surface area contributed by atoms with Crippen LogP contribution in [0.15, 0.2) is 18.5 Å². The molecule has 2 aliphatic heterocycles. The highest BCUT2D eigenvalue weighted by molar-refractivity contribution is 5.68. The summed E-state index contributed by atoms with van der Waals surface area (Å²) in [5, 5.41) is 0. The number of amides is 1. The van der Waals surface area contributed by atoms with Crippen LogP contribution in [0.5, 0.6) is 0 Å². The van der Waals surface area contributed by atoms with E-state index in [1.807, 2.05) is 31.7 Å². The Morgan fingerprint density at radius 3 is 2.27 bits per heavy atom. The van der Waals surface area contributed by atoms with Crippen LogP contribution in [0.2, 0.25) is 0 Å². The summed E-state index contributed by atoms with van der Waals surface area (Å²) < 4.78 is 5.50. The van der Waals surface area contributed by atoms with E-state index in [1.54, 1.807) is 12.4 Å². The molecule has 0 bridgehead atoms. The van der Waals surface area contributed by atoms with Gasteiger partial charge in [-0.15, -0.1) is 0 Å². The van der Waals surface area contributed by atoms with Crippen LogP contribution in [0.25, 0.3) is 0 Å². The first-order valence-corrected chi connectivity index (χ1v) is 9.20. The Morgan fingerprint density at radius 2 is 1.73 bits per heavy atom. The van der Waals surface area contributed by atoms with Gasteiger partial charge >= 0.3 is 6.09 Å². The number of aromatic nitrogens is 1. The number of nitrogens with zero attached hydrogens (tertiary/aromatic N) is 3. The molecule has 0 aromatic carbocycles. The molecule has 0 aliphatic carbocycles. The van der Waals surface area contributed by atoms with Crippen molar-refractivity contribution >= 4 is 17.5 Å². The minimum Gasteiger partial charge on any atom is -0.444 e. The van der Waals surface area contributed by atoms with Crippen molar-refractivity contribution in [2.24, 2.45) is 5.41 Å². The summed E-state index contributed by atoms with van der Waals surface area (Å²) >= 11 is 0. The lowest BCUT2D eigenvalue weighted by Crippen LogP contribution is -2.49. The van der Waals surface area contributed by atoms with Gasteiger partial charge in [-0.25, -0.2) is 4.79 Å². The third-order valence-corrected chi connectivity index (χ3v) is 5.47. The maximum absolute atomic E-state index is 12.2. The topological polar surface area (TPSA) is 71.7 Å². The summed E-state index contributed by atoms with van der Waals surface area (Å²) in [7, 11) is 0. The van der Waals surface area contributed by atoms with E-state index < -0.39 is 5.60 Å². The molecule has 0 radical (unpaired) electrons. The van der Waals surface area contributed by atoms with Gasteiger partial charge in [0.1, 0.15) is 5.60 Å². The molecule has 1 spiro atoms. The van der Waals surface area contributed by atoms with Crippen molar-refractivity contribution in [3.63, 3.8) is 0 Å². The highest BCUT2D eigenvalue weighted by Gasteiger charge is 2.39. The molecule has 1 aromatic heterocycles. The molecular weight excluding hydrogens is 328 g/mol. The molecule has 26 heavy (non-hydrogen) atoms. The van der Waals surface area contributed by atoms with Gasteiger partial charge in [0.05, 0.1) is 17.6 Å². The number of nitrogens with two attached hydrogens (primary N) is 1. The monoisotopic (exact) mass is 362 g/mol. The molecule has 1 aromatic rings. The molecule has 2 saturated heterocycles. The largest absolute Gasteiger partial charge is 0.444 e. The summed E-state index contributed by atoms with van der Waals surface area (Å²) in [5.74, 6) is 0. The Hall–Kier alpha value is -1.98. The minimum atomic E-state index is -0.429. The molecule has 3 rings (SSSR count). The highest BCUT2D eigenvalue weighted by atomic mass is 16.6. The number of ether oxygens (including phenoxy) is 1. The van der Waals surface area contributed by atoms with Gasteiger partial charge in [-0.3, -0.25) is 4.98 Å². The number of piperidine rings is 2. The molecule has 6 heteroatoms. The van der Waals surface area contributed by atoms with E-state index >= 15 is 0 Å². The molecule has 0 unspecified atom stereocenters. The standard InChI is InChI=1S/C19H30N4O2.CH4/c1-18(2,3)25-17(24)23-12-7-19(8-13-23)5-10-22(11-6-19)16-4-9-21-14-15(16)20;/h4,9,14H,5-8,10-13,20H2,1-3H3;1H4. The van der Waals surface area contributed by atoms with Gasteiger partial charge in [0.2, 0.25) is 0 Å². The lowest BCUT2D eigenvalue weighted by molar-refractivity contribution is 0.00666. The van der Waals surface area contributed by atoms with Crippen molar-refractivity contribution in [2.45, 2.75) is 59.5 Å². The summed E-state index contributed by atoms with van der Waals surface area (Å²) in [6.07, 6.45) is 7.77. The normalized spacial score (nSPS) is 19.8. The molecule has 0 atom stereocenters. The Kier molecular flexibility index (Phi) is 6.04.